The second kappa shape index (κ2) is 7.25. The monoisotopic (exact) mass is 389 g/mol. The van der Waals surface area contributed by atoms with Crippen LogP contribution in [0.4, 0.5) is 5.82 Å². The molecule has 4 rings (SSSR count). The van der Waals surface area contributed by atoms with Crippen LogP contribution in [0.25, 0.3) is 33.5 Å². The van der Waals surface area contributed by atoms with Crippen molar-refractivity contribution in [2.45, 2.75) is 6.92 Å². The lowest BCUT2D eigenvalue weighted by molar-refractivity contribution is 0.770. The van der Waals surface area contributed by atoms with E-state index in [1.807, 2.05) is 44.4 Å². The Hall–Kier alpha value is -3.50. The van der Waals surface area contributed by atoms with Crippen molar-refractivity contribution >= 4 is 28.3 Å². The van der Waals surface area contributed by atoms with Gasteiger partial charge in [-0.3, -0.25) is 9.67 Å². The predicted octanol–water partition coefficient (Wildman–Crippen LogP) is 4.05. The fourth-order valence-electron chi connectivity index (χ4n) is 3.01. The predicted molar refractivity (Wildman–Crippen MR) is 109 cm³/mol. The van der Waals surface area contributed by atoms with Crippen LogP contribution in [0, 0.1) is 11.3 Å². The minimum Gasteiger partial charge on any atom is -0.368 e. The van der Waals surface area contributed by atoms with Crippen LogP contribution in [0.1, 0.15) is 12.6 Å². The molecule has 0 saturated carbocycles. The van der Waals surface area contributed by atoms with Crippen LogP contribution in [0.3, 0.4) is 0 Å². The van der Waals surface area contributed by atoms with E-state index in [0.29, 0.717) is 40.0 Å². The third-order valence-corrected chi connectivity index (χ3v) is 4.52. The first-order chi connectivity index (χ1) is 13.6. The van der Waals surface area contributed by atoms with Crippen LogP contribution < -0.4 is 5.32 Å². The molecule has 3 heterocycles. The minimum absolute atomic E-state index is 0.221. The second-order valence-electron chi connectivity index (χ2n) is 6.17. The number of pyridine rings is 1. The highest BCUT2D eigenvalue weighted by atomic mass is 35.5. The molecule has 0 spiro atoms. The Kier molecular flexibility index (Phi) is 4.63. The normalized spacial score (nSPS) is 10.8. The number of nitriles is 1. The molecule has 0 unspecified atom stereocenters. The summed E-state index contributed by atoms with van der Waals surface area (Å²) in [4.78, 5) is 13.6. The van der Waals surface area contributed by atoms with Gasteiger partial charge >= 0.3 is 0 Å². The van der Waals surface area contributed by atoms with Gasteiger partial charge in [0.25, 0.3) is 0 Å². The zero-order chi connectivity index (χ0) is 19.7. The summed E-state index contributed by atoms with van der Waals surface area (Å²) in [5, 5.41) is 18.5. The highest BCUT2D eigenvalue weighted by Crippen LogP contribution is 2.34. The van der Waals surface area contributed by atoms with Gasteiger partial charge in [-0.2, -0.15) is 10.4 Å². The smallest absolute Gasteiger partial charge is 0.183 e. The van der Waals surface area contributed by atoms with E-state index >= 15 is 0 Å². The van der Waals surface area contributed by atoms with Crippen molar-refractivity contribution in [2.24, 2.45) is 7.05 Å². The van der Waals surface area contributed by atoms with Crippen molar-refractivity contribution in [3.63, 3.8) is 0 Å². The summed E-state index contributed by atoms with van der Waals surface area (Å²) in [5.41, 5.74) is 3.47. The zero-order valence-corrected chi connectivity index (χ0v) is 16.1. The maximum Gasteiger partial charge on any atom is 0.183 e. The topological polar surface area (TPSA) is 92.3 Å². The van der Waals surface area contributed by atoms with Crippen molar-refractivity contribution in [2.75, 3.05) is 11.9 Å². The number of nitrogens with one attached hydrogen (secondary N) is 1. The summed E-state index contributed by atoms with van der Waals surface area (Å²) in [6.07, 6.45) is 3.54. The van der Waals surface area contributed by atoms with Crippen LogP contribution in [-0.4, -0.2) is 31.3 Å². The van der Waals surface area contributed by atoms with Crippen LogP contribution in [0.2, 0.25) is 5.02 Å². The average Bonchev–Trinajstić information content (AvgIpc) is 3.14. The molecule has 0 aliphatic carbocycles. The zero-order valence-electron chi connectivity index (χ0n) is 15.3. The average molecular weight is 390 g/mol. The van der Waals surface area contributed by atoms with Gasteiger partial charge in [-0.1, -0.05) is 17.7 Å². The molecule has 1 N–H and O–H groups in total. The third-order valence-electron chi connectivity index (χ3n) is 4.23. The van der Waals surface area contributed by atoms with Gasteiger partial charge in [-0.25, -0.2) is 9.97 Å². The molecular formula is C20H16ClN7. The van der Waals surface area contributed by atoms with Gasteiger partial charge in [-0.15, -0.1) is 0 Å². The van der Waals surface area contributed by atoms with E-state index in [0.717, 1.165) is 10.9 Å². The highest BCUT2D eigenvalue weighted by molar-refractivity contribution is 6.35. The molecular weight excluding hydrogens is 374 g/mol. The van der Waals surface area contributed by atoms with E-state index in [9.17, 15) is 5.26 Å². The largest absolute Gasteiger partial charge is 0.368 e. The third kappa shape index (κ3) is 3.15. The van der Waals surface area contributed by atoms with Crippen molar-refractivity contribution < 1.29 is 0 Å². The first kappa shape index (κ1) is 17.9. The number of hydrogen-bond acceptors (Lipinski definition) is 6. The molecule has 7 nitrogen and oxygen atoms in total. The Balaban J connectivity index is 2.01. The lowest BCUT2D eigenvalue weighted by atomic mass is 10.0. The summed E-state index contributed by atoms with van der Waals surface area (Å²) >= 11 is 6.46. The maximum absolute atomic E-state index is 9.56. The van der Waals surface area contributed by atoms with E-state index in [1.54, 1.807) is 16.9 Å². The fraction of sp³-hybridized carbons (Fsp3) is 0.150. The van der Waals surface area contributed by atoms with Gasteiger partial charge in [-0.05, 0) is 31.2 Å². The van der Waals surface area contributed by atoms with E-state index in [2.05, 4.69) is 31.4 Å². The van der Waals surface area contributed by atoms with E-state index < -0.39 is 0 Å². The van der Waals surface area contributed by atoms with Crippen LogP contribution in [-0.2, 0) is 7.05 Å². The number of hydrogen-bond donors (Lipinski definition) is 1. The summed E-state index contributed by atoms with van der Waals surface area (Å²) in [6.45, 7) is 2.56. The molecule has 0 fully saturated rings. The number of aromatic nitrogens is 5. The minimum atomic E-state index is 0.221. The number of benzene rings is 1. The SMILES string of the molecule is CCNc1nc(-c2ccn(C)n2)c(-c2cc(Cl)c3ncccc3c2)nc1C#N. The van der Waals surface area contributed by atoms with E-state index in [4.69, 9.17) is 11.6 Å². The quantitative estimate of drug-likeness (QED) is 0.566. The number of fused-ring (bicyclic) bond motifs is 1. The van der Waals surface area contributed by atoms with Crippen LogP contribution >= 0.6 is 11.6 Å². The first-order valence-corrected chi connectivity index (χ1v) is 9.09. The molecule has 0 radical (unpaired) electrons. The first-order valence-electron chi connectivity index (χ1n) is 8.71. The Morgan fingerprint density at radius 1 is 1.21 bits per heavy atom. The van der Waals surface area contributed by atoms with Gasteiger partial charge in [0.05, 0.1) is 10.5 Å². The number of aryl methyl sites for hydroxylation is 1. The molecule has 8 heteroatoms. The van der Waals surface area contributed by atoms with E-state index in [-0.39, 0.29) is 5.69 Å². The molecule has 0 amide bonds. The Morgan fingerprint density at radius 2 is 2.07 bits per heavy atom. The summed E-state index contributed by atoms with van der Waals surface area (Å²) in [6, 6.07) is 11.5. The van der Waals surface area contributed by atoms with Crippen LogP contribution in [0.15, 0.2) is 42.7 Å². The molecule has 0 aliphatic heterocycles. The highest BCUT2D eigenvalue weighted by Gasteiger charge is 2.19. The lowest BCUT2D eigenvalue weighted by Crippen LogP contribution is -2.07. The molecule has 1 aromatic carbocycles. The molecule has 0 bridgehead atoms. The van der Waals surface area contributed by atoms with Crippen molar-refractivity contribution in [1.82, 2.24) is 24.7 Å². The lowest BCUT2D eigenvalue weighted by Gasteiger charge is -2.12. The van der Waals surface area contributed by atoms with Crippen molar-refractivity contribution in [3.8, 4) is 28.7 Å². The number of halogens is 1. The van der Waals surface area contributed by atoms with Gasteiger partial charge in [0.15, 0.2) is 11.5 Å². The summed E-state index contributed by atoms with van der Waals surface area (Å²) in [5.74, 6) is 0.433. The van der Waals surface area contributed by atoms with Crippen molar-refractivity contribution in [3.05, 3.63) is 53.4 Å². The Bertz CT molecular complexity index is 1220. The fourth-order valence-corrected chi connectivity index (χ4v) is 3.29. The molecule has 0 aliphatic rings. The number of anilines is 1. The second-order valence-corrected chi connectivity index (χ2v) is 6.58. The van der Waals surface area contributed by atoms with E-state index in [1.165, 1.54) is 0 Å². The standard InChI is InChI=1S/C20H16ClN7/c1-3-23-20-16(11-22)25-18(19(26-20)15-6-8-28(2)27-15)13-9-12-5-4-7-24-17(12)14(21)10-13/h4-10H,3H2,1-2H3,(H,23,26). The van der Waals surface area contributed by atoms with Gasteiger partial charge in [0.1, 0.15) is 23.2 Å². The van der Waals surface area contributed by atoms with Gasteiger partial charge in [0.2, 0.25) is 0 Å². The Labute approximate surface area is 166 Å². The van der Waals surface area contributed by atoms with Gasteiger partial charge < -0.3 is 5.32 Å². The maximum atomic E-state index is 9.56. The molecule has 3 aromatic heterocycles. The summed E-state index contributed by atoms with van der Waals surface area (Å²) in [7, 11) is 1.84. The molecule has 138 valence electrons. The molecule has 0 saturated heterocycles. The number of rotatable bonds is 4. The number of nitrogens with zero attached hydrogens (tertiary/aromatic N) is 6. The molecule has 4 aromatic rings. The van der Waals surface area contributed by atoms with Gasteiger partial charge in [0, 0.05) is 36.9 Å². The van der Waals surface area contributed by atoms with Crippen molar-refractivity contribution in [1.29, 1.82) is 5.26 Å². The summed E-state index contributed by atoms with van der Waals surface area (Å²) < 4.78 is 1.70. The van der Waals surface area contributed by atoms with Crippen LogP contribution in [0.5, 0.6) is 0 Å². The molecule has 28 heavy (non-hydrogen) atoms. The molecule has 0 atom stereocenters. The Morgan fingerprint density at radius 3 is 2.79 bits per heavy atom.